The topological polar surface area (TPSA) is 82.4 Å². The summed E-state index contributed by atoms with van der Waals surface area (Å²) in [5.41, 5.74) is -0.939. The second-order valence-electron chi connectivity index (χ2n) is 9.57. The molecule has 3 atom stereocenters. The Bertz CT molecular complexity index is 952. The molecule has 1 unspecified atom stereocenters. The van der Waals surface area contributed by atoms with Crippen LogP contribution in [0.5, 0.6) is 0 Å². The molecular formula is C24H27F4N3O3. The van der Waals surface area contributed by atoms with E-state index in [9.17, 15) is 32.4 Å². The standard InChI is InChI=1S/C24H27F4N3O3/c25-18-10-19(11-29)31(13-18)21(32)12-30-23-7-5-15(6-8-23)9-20(23)22(33)34-14-16-1-3-17(4-2-16)24(26,27)28/h1-4,15,18-20,30H,5-10,12-14H2/t15?,18-,19?,20+,23?/m0/s1. The highest BCUT2D eigenvalue weighted by Crippen LogP contribution is 2.48. The Kier molecular flexibility index (Phi) is 6.85. The Balaban J connectivity index is 1.38. The van der Waals surface area contributed by atoms with Gasteiger partial charge in [0, 0.05) is 12.0 Å². The molecule has 10 heteroatoms. The zero-order valence-electron chi connectivity index (χ0n) is 18.6. The molecule has 1 aromatic rings. The maximum Gasteiger partial charge on any atom is 0.416 e. The monoisotopic (exact) mass is 481 g/mol. The van der Waals surface area contributed by atoms with Gasteiger partial charge in [0.2, 0.25) is 5.91 Å². The van der Waals surface area contributed by atoms with E-state index in [1.54, 1.807) is 0 Å². The summed E-state index contributed by atoms with van der Waals surface area (Å²) in [5, 5.41) is 12.5. The predicted molar refractivity (Wildman–Crippen MR) is 113 cm³/mol. The molecule has 5 rings (SSSR count). The lowest BCUT2D eigenvalue weighted by atomic mass is 9.59. The van der Waals surface area contributed by atoms with E-state index in [0.717, 1.165) is 25.0 Å². The summed E-state index contributed by atoms with van der Waals surface area (Å²) in [4.78, 5) is 27.0. The number of nitrogens with one attached hydrogen (secondary N) is 1. The van der Waals surface area contributed by atoms with Crippen LogP contribution < -0.4 is 5.32 Å². The van der Waals surface area contributed by atoms with Gasteiger partial charge in [-0.1, -0.05) is 12.1 Å². The van der Waals surface area contributed by atoms with Crippen LogP contribution in [-0.2, 0) is 27.1 Å². The number of likely N-dealkylation sites (tertiary alicyclic amines) is 1. The van der Waals surface area contributed by atoms with Crippen LogP contribution in [0.25, 0.3) is 0 Å². The van der Waals surface area contributed by atoms with Crippen molar-refractivity contribution in [2.24, 2.45) is 11.8 Å². The number of rotatable bonds is 6. The van der Waals surface area contributed by atoms with Gasteiger partial charge in [0.05, 0.1) is 30.6 Å². The Hall–Kier alpha value is -2.67. The number of hydrogen-bond donors (Lipinski definition) is 1. The molecular weight excluding hydrogens is 454 g/mol. The number of alkyl halides is 4. The number of benzene rings is 1. The van der Waals surface area contributed by atoms with Gasteiger partial charge < -0.3 is 15.0 Å². The van der Waals surface area contributed by atoms with Crippen LogP contribution in [0, 0.1) is 23.2 Å². The largest absolute Gasteiger partial charge is 0.461 e. The van der Waals surface area contributed by atoms with E-state index in [1.165, 1.54) is 17.0 Å². The third-order valence-corrected chi connectivity index (χ3v) is 7.49. The fourth-order valence-electron chi connectivity index (χ4n) is 5.54. The van der Waals surface area contributed by atoms with Gasteiger partial charge in [-0.25, -0.2) is 4.39 Å². The third kappa shape index (κ3) is 5.04. The lowest BCUT2D eigenvalue weighted by molar-refractivity contribution is -0.159. The van der Waals surface area contributed by atoms with Gasteiger partial charge in [-0.3, -0.25) is 9.59 Å². The van der Waals surface area contributed by atoms with Crippen molar-refractivity contribution in [3.8, 4) is 6.07 Å². The summed E-state index contributed by atoms with van der Waals surface area (Å²) >= 11 is 0. The molecule has 2 bridgehead atoms. The third-order valence-electron chi connectivity index (χ3n) is 7.49. The van der Waals surface area contributed by atoms with Crippen LogP contribution in [-0.4, -0.2) is 47.6 Å². The van der Waals surface area contributed by atoms with Crippen molar-refractivity contribution in [2.45, 2.75) is 69.1 Å². The van der Waals surface area contributed by atoms with Crippen LogP contribution in [0.2, 0.25) is 0 Å². The quantitative estimate of drug-likeness (QED) is 0.494. The second-order valence-corrected chi connectivity index (χ2v) is 9.57. The first kappa shape index (κ1) is 24.5. The maximum atomic E-state index is 13.7. The van der Waals surface area contributed by atoms with Gasteiger partial charge in [0.15, 0.2) is 0 Å². The second kappa shape index (κ2) is 9.53. The summed E-state index contributed by atoms with van der Waals surface area (Å²) in [6, 6.07) is 5.66. The van der Waals surface area contributed by atoms with Crippen molar-refractivity contribution < 1.29 is 31.9 Å². The van der Waals surface area contributed by atoms with Crippen molar-refractivity contribution >= 4 is 11.9 Å². The summed E-state index contributed by atoms with van der Waals surface area (Å²) < 4.78 is 57.4. The number of halogens is 4. The van der Waals surface area contributed by atoms with Crippen molar-refractivity contribution in [1.82, 2.24) is 10.2 Å². The summed E-state index contributed by atoms with van der Waals surface area (Å²) in [7, 11) is 0. The molecule has 34 heavy (non-hydrogen) atoms. The molecule has 1 heterocycles. The average molecular weight is 481 g/mol. The smallest absolute Gasteiger partial charge is 0.416 e. The van der Waals surface area contributed by atoms with Gasteiger partial charge in [0.1, 0.15) is 18.8 Å². The SMILES string of the molecule is N#CC1C[C@H](F)CN1C(=O)CNC12CCC(CC1)C[C@@H]2C(=O)OCc1ccc(C(F)(F)F)cc1. The highest BCUT2D eigenvalue weighted by molar-refractivity contribution is 5.80. The first-order chi connectivity index (χ1) is 16.1. The maximum absolute atomic E-state index is 13.7. The molecule has 0 aromatic heterocycles. The van der Waals surface area contributed by atoms with Gasteiger partial charge in [-0.2, -0.15) is 18.4 Å². The number of amides is 1. The molecule has 0 radical (unpaired) electrons. The zero-order valence-corrected chi connectivity index (χ0v) is 18.6. The van der Waals surface area contributed by atoms with E-state index in [-0.39, 0.29) is 32.0 Å². The van der Waals surface area contributed by atoms with Crippen LogP contribution in [0.3, 0.4) is 0 Å². The number of esters is 1. The van der Waals surface area contributed by atoms with Gasteiger partial charge in [-0.05, 0) is 55.7 Å². The number of nitriles is 1. The fourth-order valence-corrected chi connectivity index (χ4v) is 5.54. The van der Waals surface area contributed by atoms with Crippen LogP contribution in [0.15, 0.2) is 24.3 Å². The lowest BCUT2D eigenvalue weighted by Crippen LogP contribution is -2.61. The first-order valence-corrected chi connectivity index (χ1v) is 11.5. The minimum Gasteiger partial charge on any atom is -0.461 e. The van der Waals surface area contributed by atoms with Crippen molar-refractivity contribution in [3.63, 3.8) is 0 Å². The molecule has 1 aliphatic heterocycles. The number of hydrogen-bond acceptors (Lipinski definition) is 5. The van der Waals surface area contributed by atoms with E-state index in [2.05, 4.69) is 5.32 Å². The average Bonchev–Trinajstić information content (AvgIpc) is 3.22. The minimum absolute atomic E-state index is 0.00790. The number of carbonyl (C=O) groups excluding carboxylic acids is 2. The Morgan fingerprint density at radius 1 is 1.18 bits per heavy atom. The molecule has 1 amide bonds. The molecule has 1 N–H and O–H groups in total. The molecule has 0 spiro atoms. The van der Waals surface area contributed by atoms with Crippen LogP contribution in [0.1, 0.15) is 49.7 Å². The normalized spacial score (nSPS) is 30.7. The number of nitrogens with zero attached hydrogens (tertiary/aromatic N) is 2. The van der Waals surface area contributed by atoms with Gasteiger partial charge in [-0.15, -0.1) is 0 Å². The highest BCUT2D eigenvalue weighted by Gasteiger charge is 2.51. The van der Waals surface area contributed by atoms with Crippen molar-refractivity contribution in [2.75, 3.05) is 13.1 Å². The molecule has 184 valence electrons. The minimum atomic E-state index is -4.43. The van der Waals surface area contributed by atoms with E-state index >= 15 is 0 Å². The Labute approximate surface area is 195 Å². The molecule has 1 aromatic carbocycles. The molecule has 4 aliphatic rings. The van der Waals surface area contributed by atoms with Crippen molar-refractivity contribution in [1.29, 1.82) is 5.26 Å². The molecule has 4 fully saturated rings. The summed E-state index contributed by atoms with van der Waals surface area (Å²) in [6.07, 6.45) is -1.80. The molecule has 3 aliphatic carbocycles. The summed E-state index contributed by atoms with van der Waals surface area (Å²) in [6.45, 7) is -0.340. The van der Waals surface area contributed by atoms with Gasteiger partial charge >= 0.3 is 12.1 Å². The molecule has 3 saturated carbocycles. The predicted octanol–water partition coefficient (Wildman–Crippen LogP) is 3.75. The highest BCUT2D eigenvalue weighted by atomic mass is 19.4. The van der Waals surface area contributed by atoms with E-state index in [1.807, 2.05) is 6.07 Å². The van der Waals surface area contributed by atoms with Crippen LogP contribution >= 0.6 is 0 Å². The zero-order chi connectivity index (χ0) is 24.5. The van der Waals surface area contributed by atoms with E-state index in [0.29, 0.717) is 30.7 Å². The number of fused-ring (bicyclic) bond motifs is 3. The fraction of sp³-hybridized carbons (Fsp3) is 0.625. The Morgan fingerprint density at radius 3 is 2.47 bits per heavy atom. The first-order valence-electron chi connectivity index (χ1n) is 11.5. The van der Waals surface area contributed by atoms with Crippen LogP contribution in [0.4, 0.5) is 17.6 Å². The lowest BCUT2D eigenvalue weighted by Gasteiger charge is -2.51. The van der Waals surface area contributed by atoms with Gasteiger partial charge in [0.25, 0.3) is 0 Å². The van der Waals surface area contributed by atoms with E-state index in [4.69, 9.17) is 4.74 Å². The molecule has 1 saturated heterocycles. The molecule has 6 nitrogen and oxygen atoms in total. The van der Waals surface area contributed by atoms with E-state index < -0.39 is 41.4 Å². The number of carbonyl (C=O) groups is 2. The van der Waals surface area contributed by atoms with Crippen molar-refractivity contribution in [3.05, 3.63) is 35.4 Å². The Morgan fingerprint density at radius 2 is 1.85 bits per heavy atom. The summed E-state index contributed by atoms with van der Waals surface area (Å²) in [5.74, 6) is -0.909. The number of ether oxygens (including phenoxy) is 1.